The molecule has 2 N–H and O–H groups in total. The van der Waals surface area contributed by atoms with Crippen molar-refractivity contribution in [1.82, 2.24) is 5.32 Å². The van der Waals surface area contributed by atoms with E-state index in [1.54, 1.807) is 32.0 Å². The molecule has 2 rings (SSSR count). The lowest BCUT2D eigenvalue weighted by atomic mass is 10.1. The summed E-state index contributed by atoms with van der Waals surface area (Å²) < 4.78 is 5.01. The van der Waals surface area contributed by atoms with E-state index in [1.165, 1.54) is 0 Å². The van der Waals surface area contributed by atoms with Crippen LogP contribution in [-0.4, -0.2) is 18.5 Å². The molecule has 1 aromatic rings. The maximum Gasteiger partial charge on any atom is 0.333 e. The molecular formula is C14H15ClN2O3. The Bertz CT molecular complexity index is 580. The van der Waals surface area contributed by atoms with E-state index in [-0.39, 0.29) is 12.3 Å². The van der Waals surface area contributed by atoms with Gasteiger partial charge in [-0.05, 0) is 19.9 Å². The van der Waals surface area contributed by atoms with Gasteiger partial charge in [0.15, 0.2) is 6.04 Å². The average molecular weight is 295 g/mol. The standard InChI is InChI=1S/C14H15ClN2O3/c1-3-20-14(19)12-9-6-4-5-7-10(9)16-11(8(2)15)13(18)17-12/h4-7,12,16H,3H2,1-2H3,(H,17,18). The van der Waals surface area contributed by atoms with E-state index >= 15 is 0 Å². The highest BCUT2D eigenvalue weighted by atomic mass is 35.5. The Labute approximate surface area is 121 Å². The summed E-state index contributed by atoms with van der Waals surface area (Å²) in [6.07, 6.45) is 0. The van der Waals surface area contributed by atoms with E-state index in [1.807, 2.05) is 6.07 Å². The molecule has 1 heterocycles. The van der Waals surface area contributed by atoms with Crippen LogP contribution in [0.1, 0.15) is 25.5 Å². The number of rotatable bonds is 2. The molecule has 1 aromatic carbocycles. The third-order valence-electron chi connectivity index (χ3n) is 2.90. The van der Waals surface area contributed by atoms with Gasteiger partial charge in [-0.15, -0.1) is 0 Å². The Hall–Kier alpha value is -2.01. The number of hydrogen-bond acceptors (Lipinski definition) is 4. The highest BCUT2D eigenvalue weighted by molar-refractivity contribution is 6.32. The summed E-state index contributed by atoms with van der Waals surface area (Å²) in [6, 6.07) is 6.30. The summed E-state index contributed by atoms with van der Waals surface area (Å²) in [5.41, 5.74) is 1.53. The summed E-state index contributed by atoms with van der Waals surface area (Å²) in [7, 11) is 0. The summed E-state index contributed by atoms with van der Waals surface area (Å²) in [4.78, 5) is 24.1. The summed E-state index contributed by atoms with van der Waals surface area (Å²) >= 11 is 5.92. The second kappa shape index (κ2) is 5.96. The number of carbonyl (C=O) groups excluding carboxylic acids is 2. The van der Waals surface area contributed by atoms with Crippen LogP contribution >= 0.6 is 11.6 Å². The zero-order chi connectivity index (χ0) is 14.7. The van der Waals surface area contributed by atoms with Gasteiger partial charge in [-0.1, -0.05) is 29.8 Å². The number of allylic oxidation sites excluding steroid dienone is 1. The van der Waals surface area contributed by atoms with Crippen molar-refractivity contribution in [3.8, 4) is 0 Å². The van der Waals surface area contributed by atoms with Crippen molar-refractivity contribution >= 4 is 29.2 Å². The van der Waals surface area contributed by atoms with Gasteiger partial charge in [-0.3, -0.25) is 4.79 Å². The van der Waals surface area contributed by atoms with Gasteiger partial charge < -0.3 is 15.4 Å². The highest BCUT2D eigenvalue weighted by Crippen LogP contribution is 2.29. The van der Waals surface area contributed by atoms with E-state index in [2.05, 4.69) is 10.6 Å². The number of halogens is 1. The van der Waals surface area contributed by atoms with Crippen molar-refractivity contribution < 1.29 is 14.3 Å². The summed E-state index contributed by atoms with van der Waals surface area (Å²) in [5, 5.41) is 5.92. The Morgan fingerprint density at radius 2 is 2.10 bits per heavy atom. The van der Waals surface area contributed by atoms with E-state index in [0.29, 0.717) is 16.3 Å². The number of ether oxygens (including phenoxy) is 1. The van der Waals surface area contributed by atoms with Gasteiger partial charge in [0.1, 0.15) is 5.70 Å². The van der Waals surface area contributed by atoms with Gasteiger partial charge in [0.25, 0.3) is 5.91 Å². The zero-order valence-electron chi connectivity index (χ0n) is 11.2. The number of hydrogen-bond donors (Lipinski definition) is 2. The molecule has 0 bridgehead atoms. The molecule has 5 nitrogen and oxygen atoms in total. The van der Waals surface area contributed by atoms with Gasteiger partial charge >= 0.3 is 5.97 Å². The van der Waals surface area contributed by atoms with Crippen LogP contribution in [0.5, 0.6) is 0 Å². The highest BCUT2D eigenvalue weighted by Gasteiger charge is 2.31. The number of esters is 1. The third-order valence-corrected chi connectivity index (χ3v) is 3.09. The quantitative estimate of drug-likeness (QED) is 0.649. The third kappa shape index (κ3) is 2.77. The van der Waals surface area contributed by atoms with E-state index < -0.39 is 17.9 Å². The van der Waals surface area contributed by atoms with E-state index in [0.717, 1.165) is 0 Å². The van der Waals surface area contributed by atoms with Gasteiger partial charge in [0, 0.05) is 16.3 Å². The van der Waals surface area contributed by atoms with Crippen LogP contribution in [0, 0.1) is 0 Å². The molecule has 0 fully saturated rings. The molecule has 0 aromatic heterocycles. The maximum atomic E-state index is 12.1. The molecule has 6 heteroatoms. The van der Waals surface area contributed by atoms with Crippen LogP contribution in [-0.2, 0) is 14.3 Å². The minimum Gasteiger partial charge on any atom is -0.464 e. The molecule has 0 spiro atoms. The van der Waals surface area contributed by atoms with Gasteiger partial charge in [-0.2, -0.15) is 0 Å². The van der Waals surface area contributed by atoms with Crippen LogP contribution in [0.15, 0.2) is 35.0 Å². The Morgan fingerprint density at radius 1 is 1.40 bits per heavy atom. The number of anilines is 1. The lowest BCUT2D eigenvalue weighted by Gasteiger charge is -2.16. The number of benzene rings is 1. The number of para-hydroxylation sites is 1. The van der Waals surface area contributed by atoms with Crippen molar-refractivity contribution in [2.45, 2.75) is 19.9 Å². The molecular weight excluding hydrogens is 280 g/mol. The summed E-state index contributed by atoms with van der Waals surface area (Å²) in [6.45, 7) is 3.57. The minimum atomic E-state index is -0.848. The van der Waals surface area contributed by atoms with Crippen molar-refractivity contribution in [3.63, 3.8) is 0 Å². The molecule has 20 heavy (non-hydrogen) atoms. The van der Waals surface area contributed by atoms with E-state index in [9.17, 15) is 9.59 Å². The number of fused-ring (bicyclic) bond motifs is 1. The predicted octanol–water partition coefficient (Wildman–Crippen LogP) is 2.30. The normalized spacial score (nSPS) is 20.1. The van der Waals surface area contributed by atoms with Gasteiger partial charge in [0.2, 0.25) is 0 Å². The summed E-state index contributed by atoms with van der Waals surface area (Å²) in [5.74, 6) is -0.935. The smallest absolute Gasteiger partial charge is 0.333 e. The fourth-order valence-corrected chi connectivity index (χ4v) is 2.12. The van der Waals surface area contributed by atoms with Crippen LogP contribution in [0.3, 0.4) is 0 Å². The molecule has 1 aliphatic rings. The fraction of sp³-hybridized carbons (Fsp3) is 0.286. The number of nitrogens with one attached hydrogen (secondary N) is 2. The second-order valence-electron chi connectivity index (χ2n) is 4.28. The maximum absolute atomic E-state index is 12.1. The number of amides is 1. The first-order chi connectivity index (χ1) is 9.54. The van der Waals surface area contributed by atoms with Crippen LogP contribution in [0.25, 0.3) is 0 Å². The largest absolute Gasteiger partial charge is 0.464 e. The molecule has 106 valence electrons. The fourth-order valence-electron chi connectivity index (χ4n) is 1.99. The monoisotopic (exact) mass is 294 g/mol. The molecule has 0 aliphatic carbocycles. The molecule has 1 unspecified atom stereocenters. The van der Waals surface area contributed by atoms with Crippen molar-refractivity contribution in [2.24, 2.45) is 0 Å². The van der Waals surface area contributed by atoms with Crippen molar-refractivity contribution in [3.05, 3.63) is 40.6 Å². The Kier molecular flexibility index (Phi) is 4.29. The molecule has 1 amide bonds. The lowest BCUT2D eigenvalue weighted by Crippen LogP contribution is -2.34. The molecule has 0 radical (unpaired) electrons. The van der Waals surface area contributed by atoms with Crippen molar-refractivity contribution in [2.75, 3.05) is 11.9 Å². The number of carbonyl (C=O) groups is 2. The first-order valence-electron chi connectivity index (χ1n) is 6.24. The minimum absolute atomic E-state index is 0.228. The van der Waals surface area contributed by atoms with Crippen LogP contribution in [0.2, 0.25) is 0 Å². The molecule has 0 saturated carbocycles. The van der Waals surface area contributed by atoms with Crippen LogP contribution in [0.4, 0.5) is 5.69 Å². The van der Waals surface area contributed by atoms with E-state index in [4.69, 9.17) is 16.3 Å². The van der Waals surface area contributed by atoms with Crippen LogP contribution < -0.4 is 10.6 Å². The SMILES string of the molecule is CCOC(=O)C1NC(=O)C(=C(C)Cl)Nc2ccccc21. The predicted molar refractivity (Wildman–Crippen MR) is 76.1 cm³/mol. The first kappa shape index (κ1) is 14.4. The molecule has 1 aliphatic heterocycles. The topological polar surface area (TPSA) is 67.4 Å². The molecule has 0 saturated heterocycles. The Morgan fingerprint density at radius 3 is 2.75 bits per heavy atom. The second-order valence-corrected chi connectivity index (χ2v) is 4.85. The van der Waals surface area contributed by atoms with Gasteiger partial charge in [-0.25, -0.2) is 4.79 Å². The average Bonchev–Trinajstić information content (AvgIpc) is 2.56. The zero-order valence-corrected chi connectivity index (χ0v) is 12.0. The molecule has 1 atom stereocenters. The van der Waals surface area contributed by atoms with Gasteiger partial charge in [0.05, 0.1) is 6.61 Å². The lowest BCUT2D eigenvalue weighted by molar-refractivity contribution is -0.147. The van der Waals surface area contributed by atoms with Crippen molar-refractivity contribution in [1.29, 1.82) is 0 Å². The Balaban J connectivity index is 2.49. The first-order valence-corrected chi connectivity index (χ1v) is 6.62.